The van der Waals surface area contributed by atoms with Crippen LogP contribution in [0.1, 0.15) is 28.8 Å². The Morgan fingerprint density at radius 3 is 2.38 bits per heavy atom. The highest BCUT2D eigenvalue weighted by Crippen LogP contribution is 2.09. The fraction of sp³-hybridized carbons (Fsp3) is 0.333. The van der Waals surface area contributed by atoms with E-state index in [4.69, 9.17) is 0 Å². The van der Waals surface area contributed by atoms with Crippen molar-refractivity contribution in [2.24, 2.45) is 0 Å². The van der Waals surface area contributed by atoms with Gasteiger partial charge >= 0.3 is 0 Å². The summed E-state index contributed by atoms with van der Waals surface area (Å²) in [6.07, 6.45) is -0.0199. The van der Waals surface area contributed by atoms with Crippen LogP contribution in [0.15, 0.2) is 40.0 Å². The maximum Gasteiger partial charge on any atom is 0.253 e. The first-order chi connectivity index (χ1) is 12.2. The molecule has 0 atom stereocenters. The summed E-state index contributed by atoms with van der Waals surface area (Å²) in [6.45, 7) is 5.54. The molecule has 0 fully saturated rings. The predicted octanol–water partition coefficient (Wildman–Crippen LogP) is 1.28. The summed E-state index contributed by atoms with van der Waals surface area (Å²) in [5.74, 6) is -0.337. The van der Waals surface area contributed by atoms with Crippen LogP contribution in [0.2, 0.25) is 0 Å². The summed E-state index contributed by atoms with van der Waals surface area (Å²) in [4.78, 5) is 26.7. The Bertz CT molecular complexity index is 947. The lowest BCUT2D eigenvalue weighted by atomic mass is 10.1. The number of aromatic amines is 1. The lowest BCUT2D eigenvalue weighted by molar-refractivity contribution is -0.121. The standard InChI is InChI=1S/C18H23N3O4S/c1-12-4-6-15(7-5-12)26(24,25)20-9-8-17(22)19-11-16-13(2)10-14(3)21-18(16)23/h4-7,10,20H,8-9,11H2,1-3H3,(H,19,22)(H,21,23). The molecule has 0 bridgehead atoms. The van der Waals surface area contributed by atoms with Crippen LogP contribution in [-0.2, 0) is 21.4 Å². The molecule has 0 aliphatic rings. The van der Waals surface area contributed by atoms with Gasteiger partial charge in [-0.1, -0.05) is 17.7 Å². The lowest BCUT2D eigenvalue weighted by Crippen LogP contribution is -2.32. The molecule has 1 aromatic carbocycles. The molecule has 0 unspecified atom stereocenters. The molecule has 0 spiro atoms. The number of carbonyl (C=O) groups excluding carboxylic acids is 1. The summed E-state index contributed by atoms with van der Waals surface area (Å²) in [5.41, 5.74) is 2.77. The second-order valence-electron chi connectivity index (χ2n) is 6.18. The SMILES string of the molecule is Cc1ccc(S(=O)(=O)NCCC(=O)NCc2c(C)cc(C)[nH]c2=O)cc1. The van der Waals surface area contributed by atoms with Crippen LogP contribution in [-0.4, -0.2) is 25.9 Å². The number of benzene rings is 1. The summed E-state index contributed by atoms with van der Waals surface area (Å²) in [5, 5.41) is 2.64. The van der Waals surface area contributed by atoms with Crippen molar-refractivity contribution < 1.29 is 13.2 Å². The highest BCUT2D eigenvalue weighted by molar-refractivity contribution is 7.89. The Kier molecular flexibility index (Phi) is 6.33. The van der Waals surface area contributed by atoms with Crippen LogP contribution in [0, 0.1) is 20.8 Å². The third kappa shape index (κ3) is 5.27. The molecule has 8 heteroatoms. The Morgan fingerprint density at radius 2 is 1.77 bits per heavy atom. The minimum atomic E-state index is -3.64. The van der Waals surface area contributed by atoms with Gasteiger partial charge in [-0.2, -0.15) is 0 Å². The molecular formula is C18H23N3O4S. The number of pyridine rings is 1. The fourth-order valence-corrected chi connectivity index (χ4v) is 3.51. The zero-order chi connectivity index (χ0) is 19.3. The number of carbonyl (C=O) groups is 1. The van der Waals surface area contributed by atoms with E-state index >= 15 is 0 Å². The van der Waals surface area contributed by atoms with E-state index in [1.165, 1.54) is 12.1 Å². The molecule has 0 radical (unpaired) electrons. The summed E-state index contributed by atoms with van der Waals surface area (Å²) in [6, 6.07) is 8.29. The van der Waals surface area contributed by atoms with Gasteiger partial charge in [0.05, 0.1) is 4.90 Å². The fourth-order valence-electron chi connectivity index (χ4n) is 2.48. The molecule has 3 N–H and O–H groups in total. The van der Waals surface area contributed by atoms with Crippen LogP contribution in [0.4, 0.5) is 0 Å². The number of H-pyrrole nitrogens is 1. The molecule has 140 valence electrons. The van der Waals surface area contributed by atoms with Crippen LogP contribution in [0.3, 0.4) is 0 Å². The summed E-state index contributed by atoms with van der Waals surface area (Å²) in [7, 11) is -3.64. The molecule has 1 amide bonds. The van der Waals surface area contributed by atoms with Crippen LogP contribution in [0.5, 0.6) is 0 Å². The van der Waals surface area contributed by atoms with Crippen molar-refractivity contribution in [1.82, 2.24) is 15.0 Å². The van der Waals surface area contributed by atoms with E-state index in [0.717, 1.165) is 16.8 Å². The number of hydrogen-bond acceptors (Lipinski definition) is 4. The molecule has 0 saturated heterocycles. The number of rotatable bonds is 7. The van der Waals surface area contributed by atoms with Crippen LogP contribution < -0.4 is 15.6 Å². The minimum Gasteiger partial charge on any atom is -0.352 e. The van der Waals surface area contributed by atoms with Crippen molar-refractivity contribution >= 4 is 15.9 Å². The van der Waals surface area contributed by atoms with Gasteiger partial charge in [0, 0.05) is 30.8 Å². The predicted molar refractivity (Wildman–Crippen MR) is 99.4 cm³/mol. The molecule has 0 saturated carbocycles. The summed E-state index contributed by atoms with van der Waals surface area (Å²) >= 11 is 0. The minimum absolute atomic E-state index is 0.0199. The third-order valence-corrected chi connectivity index (χ3v) is 5.41. The van der Waals surface area contributed by atoms with Gasteiger partial charge in [0.2, 0.25) is 15.9 Å². The van der Waals surface area contributed by atoms with E-state index in [1.807, 2.05) is 13.0 Å². The number of sulfonamides is 1. The van der Waals surface area contributed by atoms with Gasteiger partial charge in [-0.05, 0) is 44.5 Å². The molecule has 26 heavy (non-hydrogen) atoms. The molecule has 0 aliphatic heterocycles. The second kappa shape index (κ2) is 8.29. The van der Waals surface area contributed by atoms with E-state index in [2.05, 4.69) is 15.0 Å². The first-order valence-corrected chi connectivity index (χ1v) is 9.70. The normalized spacial score (nSPS) is 11.3. The van der Waals surface area contributed by atoms with Crippen molar-refractivity contribution in [2.45, 2.75) is 38.6 Å². The van der Waals surface area contributed by atoms with Crippen molar-refractivity contribution in [3.05, 3.63) is 63.1 Å². The van der Waals surface area contributed by atoms with Gasteiger partial charge in [0.15, 0.2) is 0 Å². The van der Waals surface area contributed by atoms with Gasteiger partial charge in [-0.15, -0.1) is 0 Å². The number of amides is 1. The van der Waals surface area contributed by atoms with Crippen molar-refractivity contribution in [2.75, 3.05) is 6.54 Å². The average Bonchev–Trinajstić information content (AvgIpc) is 2.54. The number of nitrogens with one attached hydrogen (secondary N) is 3. The zero-order valence-corrected chi connectivity index (χ0v) is 15.9. The third-order valence-electron chi connectivity index (χ3n) is 3.93. The van der Waals surface area contributed by atoms with Gasteiger partial charge in [0.1, 0.15) is 0 Å². The van der Waals surface area contributed by atoms with E-state index in [9.17, 15) is 18.0 Å². The summed E-state index contributed by atoms with van der Waals surface area (Å²) < 4.78 is 26.7. The Morgan fingerprint density at radius 1 is 1.12 bits per heavy atom. The Balaban J connectivity index is 1.86. The zero-order valence-electron chi connectivity index (χ0n) is 15.0. The molecule has 1 aromatic heterocycles. The molecule has 0 aliphatic carbocycles. The quantitative estimate of drug-likeness (QED) is 0.675. The topological polar surface area (TPSA) is 108 Å². The molecule has 2 rings (SSSR count). The number of aromatic nitrogens is 1. The van der Waals surface area contributed by atoms with Crippen molar-refractivity contribution in [3.8, 4) is 0 Å². The van der Waals surface area contributed by atoms with E-state index < -0.39 is 10.0 Å². The van der Waals surface area contributed by atoms with E-state index in [0.29, 0.717) is 5.56 Å². The molecular weight excluding hydrogens is 354 g/mol. The van der Waals surface area contributed by atoms with Crippen molar-refractivity contribution in [1.29, 1.82) is 0 Å². The first-order valence-electron chi connectivity index (χ1n) is 8.21. The largest absolute Gasteiger partial charge is 0.352 e. The molecule has 2 aromatic rings. The van der Waals surface area contributed by atoms with Gasteiger partial charge < -0.3 is 10.3 Å². The Hall–Kier alpha value is -2.45. The van der Waals surface area contributed by atoms with Crippen LogP contribution >= 0.6 is 0 Å². The van der Waals surface area contributed by atoms with E-state index in [-0.39, 0.29) is 35.9 Å². The van der Waals surface area contributed by atoms with E-state index in [1.54, 1.807) is 26.0 Å². The van der Waals surface area contributed by atoms with Gasteiger partial charge in [-0.3, -0.25) is 9.59 Å². The van der Waals surface area contributed by atoms with Gasteiger partial charge in [0.25, 0.3) is 5.56 Å². The highest BCUT2D eigenvalue weighted by Gasteiger charge is 2.14. The number of hydrogen-bond donors (Lipinski definition) is 3. The lowest BCUT2D eigenvalue weighted by Gasteiger charge is -2.09. The van der Waals surface area contributed by atoms with Crippen LogP contribution in [0.25, 0.3) is 0 Å². The maximum atomic E-state index is 12.1. The Labute approximate surface area is 152 Å². The monoisotopic (exact) mass is 377 g/mol. The molecule has 7 nitrogen and oxygen atoms in total. The second-order valence-corrected chi connectivity index (χ2v) is 7.95. The van der Waals surface area contributed by atoms with Crippen molar-refractivity contribution in [3.63, 3.8) is 0 Å². The highest BCUT2D eigenvalue weighted by atomic mass is 32.2. The first kappa shape index (κ1) is 19.9. The maximum absolute atomic E-state index is 12.1. The number of aryl methyl sites for hydroxylation is 3. The average molecular weight is 377 g/mol. The smallest absolute Gasteiger partial charge is 0.253 e. The van der Waals surface area contributed by atoms with Gasteiger partial charge in [-0.25, -0.2) is 13.1 Å². The molecule has 1 heterocycles.